The first-order valence-corrected chi connectivity index (χ1v) is 7.77. The maximum Gasteiger partial charge on any atom is 0.282 e. The fourth-order valence-corrected chi connectivity index (χ4v) is 2.31. The van der Waals surface area contributed by atoms with E-state index in [1.165, 1.54) is 6.26 Å². The van der Waals surface area contributed by atoms with Crippen molar-refractivity contribution in [1.29, 1.82) is 0 Å². The number of amides is 1. The molecule has 1 aromatic rings. The quantitative estimate of drug-likeness (QED) is 0.696. The van der Waals surface area contributed by atoms with Crippen LogP contribution in [0.2, 0.25) is 0 Å². The van der Waals surface area contributed by atoms with Gasteiger partial charge in [0.2, 0.25) is 10.1 Å². The van der Waals surface area contributed by atoms with Gasteiger partial charge in [-0.2, -0.15) is 0 Å². The Bertz CT molecular complexity index is 483. The average Bonchev–Trinajstić information content (AvgIpc) is 2.71. The zero-order valence-electron chi connectivity index (χ0n) is 9.56. The van der Waals surface area contributed by atoms with Crippen LogP contribution in [-0.2, 0) is 9.84 Å². The molecule has 1 rings (SSSR count). The minimum atomic E-state index is -2.97. The Labute approximate surface area is 104 Å². The van der Waals surface area contributed by atoms with Crippen molar-refractivity contribution in [1.82, 2.24) is 15.5 Å². The van der Waals surface area contributed by atoms with Gasteiger partial charge in [0.15, 0.2) is 0 Å². The van der Waals surface area contributed by atoms with Crippen molar-refractivity contribution in [3.05, 3.63) is 5.01 Å². The first kappa shape index (κ1) is 13.8. The summed E-state index contributed by atoms with van der Waals surface area (Å²) in [6.07, 6.45) is 1.56. The molecule has 0 spiro atoms. The lowest BCUT2D eigenvalue weighted by atomic mass is 10.4. The van der Waals surface area contributed by atoms with Crippen LogP contribution < -0.4 is 10.6 Å². The highest BCUT2D eigenvalue weighted by molar-refractivity contribution is 7.90. The van der Waals surface area contributed by atoms with Crippen molar-refractivity contribution in [2.24, 2.45) is 0 Å². The third-order valence-electron chi connectivity index (χ3n) is 1.81. The van der Waals surface area contributed by atoms with Gasteiger partial charge >= 0.3 is 0 Å². The molecule has 0 bridgehead atoms. The van der Waals surface area contributed by atoms with E-state index < -0.39 is 9.84 Å². The van der Waals surface area contributed by atoms with Gasteiger partial charge in [0.25, 0.3) is 5.91 Å². The molecule has 0 aliphatic carbocycles. The van der Waals surface area contributed by atoms with Crippen molar-refractivity contribution < 1.29 is 13.2 Å². The molecule has 0 fully saturated rings. The summed E-state index contributed by atoms with van der Waals surface area (Å²) in [4.78, 5) is 11.5. The van der Waals surface area contributed by atoms with Crippen LogP contribution in [0.15, 0.2) is 0 Å². The number of sulfone groups is 1. The summed E-state index contributed by atoms with van der Waals surface area (Å²) in [6.45, 7) is 0.306. The first-order chi connectivity index (χ1) is 7.92. The normalized spacial score (nSPS) is 11.2. The lowest BCUT2D eigenvalue weighted by molar-refractivity contribution is 0.0952. The number of rotatable bonds is 6. The Morgan fingerprint density at radius 2 is 2.12 bits per heavy atom. The second kappa shape index (κ2) is 5.92. The third-order valence-corrected chi connectivity index (χ3v) is 3.78. The lowest BCUT2D eigenvalue weighted by Crippen LogP contribution is -2.25. The minimum absolute atomic E-state index is 0.0607. The molecule has 17 heavy (non-hydrogen) atoms. The van der Waals surface area contributed by atoms with E-state index in [9.17, 15) is 13.2 Å². The minimum Gasteiger partial charge on any atom is -0.363 e. The molecule has 0 saturated heterocycles. The standard InChI is InChI=1S/C8H14N4O3S2/c1-9-8-12-11-7(16-8)6(13)10-4-3-5-17(2,14)15/h3-5H2,1-2H3,(H,9,12)(H,10,13). The summed E-state index contributed by atoms with van der Waals surface area (Å²) in [7, 11) is -1.28. The molecule has 7 nitrogen and oxygen atoms in total. The Kier molecular flexibility index (Phi) is 4.82. The Hall–Kier alpha value is -1.22. The number of hydrogen-bond donors (Lipinski definition) is 2. The van der Waals surface area contributed by atoms with Gasteiger partial charge in [0, 0.05) is 19.8 Å². The van der Waals surface area contributed by atoms with Gasteiger partial charge in [-0.1, -0.05) is 11.3 Å². The Balaban J connectivity index is 2.35. The van der Waals surface area contributed by atoms with E-state index in [0.717, 1.165) is 11.3 Å². The predicted molar refractivity (Wildman–Crippen MR) is 66.1 cm³/mol. The second-order valence-electron chi connectivity index (χ2n) is 3.40. The van der Waals surface area contributed by atoms with Gasteiger partial charge < -0.3 is 10.6 Å². The molecule has 9 heteroatoms. The molecule has 0 aliphatic rings. The molecule has 1 amide bonds. The van der Waals surface area contributed by atoms with Crippen molar-refractivity contribution in [3.63, 3.8) is 0 Å². The molecule has 0 radical (unpaired) electrons. The number of carbonyl (C=O) groups is 1. The molecule has 0 atom stereocenters. The van der Waals surface area contributed by atoms with Gasteiger partial charge in [-0.25, -0.2) is 8.42 Å². The van der Waals surface area contributed by atoms with Crippen molar-refractivity contribution in [2.75, 3.05) is 30.9 Å². The summed E-state index contributed by atoms with van der Waals surface area (Å²) < 4.78 is 21.7. The molecule has 0 aromatic carbocycles. The molecule has 0 aliphatic heterocycles. The number of hydrogen-bond acceptors (Lipinski definition) is 7. The number of carbonyl (C=O) groups excluding carboxylic acids is 1. The van der Waals surface area contributed by atoms with Crippen LogP contribution in [0.3, 0.4) is 0 Å². The van der Waals surface area contributed by atoms with Crippen LogP contribution in [0.1, 0.15) is 16.2 Å². The molecular formula is C8H14N4O3S2. The van der Waals surface area contributed by atoms with Gasteiger partial charge in [0.05, 0.1) is 5.75 Å². The maximum atomic E-state index is 11.5. The van der Waals surface area contributed by atoms with Crippen LogP contribution in [0.5, 0.6) is 0 Å². The van der Waals surface area contributed by atoms with Crippen molar-refractivity contribution in [2.45, 2.75) is 6.42 Å². The van der Waals surface area contributed by atoms with Crippen LogP contribution in [-0.4, -0.2) is 50.1 Å². The van der Waals surface area contributed by atoms with Crippen LogP contribution in [0.25, 0.3) is 0 Å². The second-order valence-corrected chi connectivity index (χ2v) is 6.64. The summed E-state index contributed by atoms with van der Waals surface area (Å²) in [5.74, 6) is -0.275. The largest absolute Gasteiger partial charge is 0.363 e. The molecule has 1 aromatic heterocycles. The van der Waals surface area contributed by atoms with E-state index in [1.54, 1.807) is 7.05 Å². The third kappa shape index (κ3) is 5.09. The van der Waals surface area contributed by atoms with E-state index in [1.807, 2.05) is 0 Å². The predicted octanol–water partition coefficient (Wildman–Crippen LogP) is -0.256. The van der Waals surface area contributed by atoms with Crippen molar-refractivity contribution in [3.8, 4) is 0 Å². The highest BCUT2D eigenvalue weighted by atomic mass is 32.2. The zero-order valence-corrected chi connectivity index (χ0v) is 11.2. The lowest BCUT2D eigenvalue weighted by Gasteiger charge is -2.01. The van der Waals surface area contributed by atoms with E-state index >= 15 is 0 Å². The number of nitrogens with one attached hydrogen (secondary N) is 2. The van der Waals surface area contributed by atoms with Crippen LogP contribution in [0, 0.1) is 0 Å². The summed E-state index contributed by atoms with van der Waals surface area (Å²) in [6, 6.07) is 0. The smallest absolute Gasteiger partial charge is 0.282 e. The van der Waals surface area contributed by atoms with Gasteiger partial charge in [-0.15, -0.1) is 10.2 Å². The summed E-state index contributed by atoms with van der Waals surface area (Å²) in [5, 5.41) is 13.6. The van der Waals surface area contributed by atoms with Gasteiger partial charge in [-0.3, -0.25) is 4.79 Å². The fraction of sp³-hybridized carbons (Fsp3) is 0.625. The van der Waals surface area contributed by atoms with E-state index in [-0.39, 0.29) is 16.7 Å². The molecule has 0 unspecified atom stereocenters. The molecule has 0 saturated carbocycles. The van der Waals surface area contributed by atoms with Crippen LogP contribution in [0.4, 0.5) is 5.13 Å². The fourth-order valence-electron chi connectivity index (χ4n) is 1.03. The maximum absolute atomic E-state index is 11.5. The summed E-state index contributed by atoms with van der Waals surface area (Å²) >= 11 is 1.14. The van der Waals surface area contributed by atoms with Crippen LogP contribution >= 0.6 is 11.3 Å². The highest BCUT2D eigenvalue weighted by Crippen LogP contribution is 2.13. The summed E-state index contributed by atoms with van der Waals surface area (Å²) in [5.41, 5.74) is 0. The number of aromatic nitrogens is 2. The van der Waals surface area contributed by atoms with E-state index in [2.05, 4.69) is 20.8 Å². The zero-order chi connectivity index (χ0) is 12.9. The molecular weight excluding hydrogens is 264 g/mol. The highest BCUT2D eigenvalue weighted by Gasteiger charge is 2.11. The molecule has 2 N–H and O–H groups in total. The average molecular weight is 278 g/mol. The Morgan fingerprint density at radius 3 is 2.65 bits per heavy atom. The van der Waals surface area contributed by atoms with Gasteiger partial charge in [-0.05, 0) is 6.42 Å². The van der Waals surface area contributed by atoms with Crippen molar-refractivity contribution >= 4 is 32.2 Å². The van der Waals surface area contributed by atoms with Gasteiger partial charge in [0.1, 0.15) is 9.84 Å². The SMILES string of the molecule is CNc1nnc(C(=O)NCCCS(C)(=O)=O)s1. The monoisotopic (exact) mass is 278 g/mol. The molecule has 96 valence electrons. The number of anilines is 1. The molecule has 1 heterocycles. The first-order valence-electron chi connectivity index (χ1n) is 4.89. The van der Waals surface area contributed by atoms with E-state index in [4.69, 9.17) is 0 Å². The number of nitrogens with zero attached hydrogens (tertiary/aromatic N) is 2. The Morgan fingerprint density at radius 1 is 1.41 bits per heavy atom. The topological polar surface area (TPSA) is 101 Å². The van der Waals surface area contributed by atoms with E-state index in [0.29, 0.717) is 18.1 Å².